The van der Waals surface area contributed by atoms with Gasteiger partial charge < -0.3 is 20.1 Å². The van der Waals surface area contributed by atoms with Gasteiger partial charge in [0.2, 0.25) is 5.95 Å². The van der Waals surface area contributed by atoms with Crippen molar-refractivity contribution in [3.8, 4) is 0 Å². The highest BCUT2D eigenvalue weighted by Crippen LogP contribution is 2.27. The molecule has 1 aliphatic rings. The monoisotopic (exact) mass is 328 g/mol. The summed E-state index contributed by atoms with van der Waals surface area (Å²) in [5, 5.41) is 12.1. The van der Waals surface area contributed by atoms with Crippen LogP contribution in [0.5, 0.6) is 0 Å². The van der Waals surface area contributed by atoms with Gasteiger partial charge in [-0.2, -0.15) is 4.98 Å². The smallest absolute Gasteiger partial charge is 0.224 e. The highest BCUT2D eigenvalue weighted by Gasteiger charge is 2.21. The molecule has 0 saturated carbocycles. The molecular formula is C18H24N4O2. The largest absolute Gasteiger partial charge is 0.395 e. The van der Waals surface area contributed by atoms with E-state index in [0.717, 1.165) is 31.1 Å². The van der Waals surface area contributed by atoms with Crippen molar-refractivity contribution in [2.45, 2.75) is 18.9 Å². The average molecular weight is 328 g/mol. The molecule has 1 atom stereocenters. The zero-order valence-electron chi connectivity index (χ0n) is 14.0. The highest BCUT2D eigenvalue weighted by molar-refractivity contribution is 5.46. The van der Waals surface area contributed by atoms with Crippen molar-refractivity contribution in [1.82, 2.24) is 9.97 Å². The molecule has 2 aromatic rings. The maximum absolute atomic E-state index is 9.03. The maximum atomic E-state index is 9.03. The summed E-state index contributed by atoms with van der Waals surface area (Å²) in [4.78, 5) is 11.3. The van der Waals surface area contributed by atoms with Gasteiger partial charge in [-0.3, -0.25) is 0 Å². The van der Waals surface area contributed by atoms with Crippen LogP contribution >= 0.6 is 0 Å². The lowest BCUT2D eigenvalue weighted by molar-refractivity contribution is 0.193. The Labute approximate surface area is 142 Å². The Morgan fingerprint density at radius 1 is 1.29 bits per heavy atom. The topological polar surface area (TPSA) is 70.5 Å². The standard InChI is InChI=1S/C18H24N4O2/c1-22(12-14-5-3-2-4-6-14)17-11-16(15-7-10-24-13-15)20-18(21-17)19-8-9-23/h2-6,11,15,23H,7-10,12-13H2,1H3,(H,19,20,21)/t15-/m1/s1. The van der Waals surface area contributed by atoms with Crippen molar-refractivity contribution >= 4 is 11.8 Å². The molecule has 0 aliphatic carbocycles. The number of nitrogens with zero attached hydrogens (tertiary/aromatic N) is 3. The molecular weight excluding hydrogens is 304 g/mol. The van der Waals surface area contributed by atoms with Crippen LogP contribution in [0.25, 0.3) is 0 Å². The molecule has 1 fully saturated rings. The van der Waals surface area contributed by atoms with Gasteiger partial charge in [0.1, 0.15) is 5.82 Å². The van der Waals surface area contributed by atoms with Crippen molar-refractivity contribution in [2.75, 3.05) is 43.6 Å². The highest BCUT2D eigenvalue weighted by atomic mass is 16.5. The predicted molar refractivity (Wildman–Crippen MR) is 94.3 cm³/mol. The summed E-state index contributed by atoms with van der Waals surface area (Å²) in [6.07, 6.45) is 0.984. The van der Waals surface area contributed by atoms with E-state index in [1.54, 1.807) is 0 Å². The molecule has 2 N–H and O–H groups in total. The van der Waals surface area contributed by atoms with Gasteiger partial charge in [-0.05, 0) is 12.0 Å². The van der Waals surface area contributed by atoms with Crippen LogP contribution in [-0.2, 0) is 11.3 Å². The lowest BCUT2D eigenvalue weighted by Crippen LogP contribution is -2.20. The van der Waals surface area contributed by atoms with E-state index in [2.05, 4.69) is 32.3 Å². The molecule has 24 heavy (non-hydrogen) atoms. The molecule has 6 nitrogen and oxygen atoms in total. The quantitative estimate of drug-likeness (QED) is 0.810. The molecule has 1 aromatic carbocycles. The van der Waals surface area contributed by atoms with Gasteiger partial charge in [-0.1, -0.05) is 30.3 Å². The van der Waals surface area contributed by atoms with Crippen LogP contribution in [0.3, 0.4) is 0 Å². The Kier molecular flexibility index (Phi) is 5.61. The number of hydrogen-bond donors (Lipinski definition) is 2. The number of nitrogens with one attached hydrogen (secondary N) is 1. The number of ether oxygens (including phenoxy) is 1. The second-order valence-corrected chi connectivity index (χ2v) is 6.03. The van der Waals surface area contributed by atoms with E-state index in [-0.39, 0.29) is 6.61 Å². The molecule has 0 radical (unpaired) electrons. The summed E-state index contributed by atoms with van der Waals surface area (Å²) in [5.74, 6) is 1.74. The van der Waals surface area contributed by atoms with Crippen LogP contribution in [0.1, 0.15) is 23.6 Å². The Morgan fingerprint density at radius 2 is 2.12 bits per heavy atom. The first kappa shape index (κ1) is 16.7. The summed E-state index contributed by atoms with van der Waals surface area (Å²) in [6.45, 7) is 2.75. The molecule has 2 heterocycles. The van der Waals surface area contributed by atoms with Crippen molar-refractivity contribution in [3.63, 3.8) is 0 Å². The van der Waals surface area contributed by atoms with Crippen LogP contribution in [0.4, 0.5) is 11.8 Å². The van der Waals surface area contributed by atoms with Crippen LogP contribution in [-0.4, -0.2) is 48.5 Å². The SMILES string of the molecule is CN(Cc1ccccc1)c1cc([C@@H]2CCOC2)nc(NCCO)n1. The van der Waals surface area contributed by atoms with Crippen molar-refractivity contribution in [2.24, 2.45) is 0 Å². The normalized spacial score (nSPS) is 17.0. The molecule has 1 saturated heterocycles. The Balaban J connectivity index is 1.82. The van der Waals surface area contributed by atoms with Crippen LogP contribution < -0.4 is 10.2 Å². The fourth-order valence-electron chi connectivity index (χ4n) is 2.81. The zero-order valence-corrected chi connectivity index (χ0v) is 14.0. The first-order valence-corrected chi connectivity index (χ1v) is 8.33. The Bertz CT molecular complexity index is 645. The minimum atomic E-state index is 0.0509. The van der Waals surface area contributed by atoms with Crippen LogP contribution in [0.15, 0.2) is 36.4 Å². The van der Waals surface area contributed by atoms with Gasteiger partial charge in [0.25, 0.3) is 0 Å². The van der Waals surface area contributed by atoms with Gasteiger partial charge in [0.15, 0.2) is 0 Å². The first-order valence-electron chi connectivity index (χ1n) is 8.33. The molecule has 3 rings (SSSR count). The summed E-state index contributed by atoms with van der Waals surface area (Å²) in [5.41, 5.74) is 2.23. The third-order valence-corrected chi connectivity index (χ3v) is 4.13. The van der Waals surface area contributed by atoms with E-state index in [9.17, 15) is 0 Å². The first-order chi connectivity index (χ1) is 11.8. The van der Waals surface area contributed by atoms with Gasteiger partial charge in [-0.25, -0.2) is 4.98 Å². The average Bonchev–Trinajstić information content (AvgIpc) is 3.15. The van der Waals surface area contributed by atoms with Crippen molar-refractivity contribution in [1.29, 1.82) is 0 Å². The molecule has 0 spiro atoms. The van der Waals surface area contributed by atoms with Gasteiger partial charge >= 0.3 is 0 Å². The zero-order chi connectivity index (χ0) is 16.8. The molecule has 0 unspecified atom stereocenters. The molecule has 1 aliphatic heterocycles. The summed E-state index contributed by atoms with van der Waals surface area (Å²) >= 11 is 0. The number of aliphatic hydroxyl groups is 1. The number of aliphatic hydroxyl groups excluding tert-OH is 1. The third-order valence-electron chi connectivity index (χ3n) is 4.13. The van der Waals surface area contributed by atoms with E-state index in [4.69, 9.17) is 9.84 Å². The third kappa shape index (κ3) is 4.21. The second kappa shape index (κ2) is 8.08. The van der Waals surface area contributed by atoms with Crippen molar-refractivity contribution in [3.05, 3.63) is 47.7 Å². The summed E-state index contributed by atoms with van der Waals surface area (Å²) < 4.78 is 5.49. The molecule has 128 valence electrons. The minimum Gasteiger partial charge on any atom is -0.395 e. The summed E-state index contributed by atoms with van der Waals surface area (Å²) in [7, 11) is 2.03. The van der Waals surface area contributed by atoms with E-state index in [1.165, 1.54) is 5.56 Å². The number of rotatable bonds is 7. The van der Waals surface area contributed by atoms with E-state index < -0.39 is 0 Å². The number of hydrogen-bond acceptors (Lipinski definition) is 6. The van der Waals surface area contributed by atoms with E-state index in [0.29, 0.717) is 25.0 Å². The number of aromatic nitrogens is 2. The minimum absolute atomic E-state index is 0.0509. The van der Waals surface area contributed by atoms with E-state index >= 15 is 0 Å². The Hall–Kier alpha value is -2.18. The van der Waals surface area contributed by atoms with Crippen LogP contribution in [0.2, 0.25) is 0 Å². The lowest BCUT2D eigenvalue weighted by atomic mass is 10.0. The predicted octanol–water partition coefficient (Wildman–Crippen LogP) is 2.02. The Morgan fingerprint density at radius 3 is 2.83 bits per heavy atom. The van der Waals surface area contributed by atoms with Crippen LogP contribution in [0, 0.1) is 0 Å². The molecule has 0 bridgehead atoms. The van der Waals surface area contributed by atoms with Gasteiger partial charge in [0.05, 0.1) is 18.9 Å². The fraction of sp³-hybridized carbons (Fsp3) is 0.444. The number of anilines is 2. The molecule has 0 amide bonds. The second-order valence-electron chi connectivity index (χ2n) is 6.03. The van der Waals surface area contributed by atoms with E-state index in [1.807, 2.05) is 31.3 Å². The molecule has 1 aromatic heterocycles. The van der Waals surface area contributed by atoms with Crippen molar-refractivity contribution < 1.29 is 9.84 Å². The summed E-state index contributed by atoms with van der Waals surface area (Å²) in [6, 6.07) is 12.4. The maximum Gasteiger partial charge on any atom is 0.224 e. The fourth-order valence-corrected chi connectivity index (χ4v) is 2.81. The number of benzene rings is 1. The molecule has 6 heteroatoms. The van der Waals surface area contributed by atoms with Gasteiger partial charge in [-0.15, -0.1) is 0 Å². The van der Waals surface area contributed by atoms with Gasteiger partial charge in [0, 0.05) is 38.7 Å². The lowest BCUT2D eigenvalue weighted by Gasteiger charge is -2.21.